The number of hydrogen-bond acceptors (Lipinski definition) is 2. The molecule has 0 saturated carbocycles. The molecule has 1 aliphatic heterocycles. The summed E-state index contributed by atoms with van der Waals surface area (Å²) in [7, 11) is 0. The largest absolute Gasteiger partial charge is 0.325 e. The van der Waals surface area contributed by atoms with Gasteiger partial charge in [-0.2, -0.15) is 8.78 Å². The highest BCUT2D eigenvalue weighted by molar-refractivity contribution is 7.99. The molecular formula is C13H16F2N2OS. The van der Waals surface area contributed by atoms with Crippen molar-refractivity contribution in [2.75, 3.05) is 18.4 Å². The topological polar surface area (TPSA) is 32.3 Å². The number of carbonyl (C=O) groups is 1. The maximum absolute atomic E-state index is 12.4. The first-order valence-electron chi connectivity index (χ1n) is 6.26. The SMILES string of the molecule is O=C(Nc1ccccc1SC(F)F)N1CCCCC1. The van der Waals surface area contributed by atoms with Crippen LogP contribution in [-0.2, 0) is 0 Å². The Morgan fingerprint density at radius 2 is 1.89 bits per heavy atom. The van der Waals surface area contributed by atoms with Crippen LogP contribution in [0.3, 0.4) is 0 Å². The van der Waals surface area contributed by atoms with Crippen molar-refractivity contribution in [1.82, 2.24) is 4.90 Å². The lowest BCUT2D eigenvalue weighted by atomic mass is 10.1. The smallest absolute Gasteiger partial charge is 0.321 e. The number of thioether (sulfide) groups is 1. The van der Waals surface area contributed by atoms with Crippen LogP contribution >= 0.6 is 11.8 Å². The number of likely N-dealkylation sites (tertiary alicyclic amines) is 1. The van der Waals surface area contributed by atoms with Crippen LogP contribution in [-0.4, -0.2) is 29.8 Å². The zero-order chi connectivity index (χ0) is 13.7. The number of anilines is 1. The van der Waals surface area contributed by atoms with E-state index >= 15 is 0 Å². The first-order chi connectivity index (χ1) is 9.16. The summed E-state index contributed by atoms with van der Waals surface area (Å²) < 4.78 is 24.9. The monoisotopic (exact) mass is 286 g/mol. The molecular weight excluding hydrogens is 270 g/mol. The van der Waals surface area contributed by atoms with E-state index in [9.17, 15) is 13.6 Å². The van der Waals surface area contributed by atoms with Crippen molar-refractivity contribution in [2.24, 2.45) is 0 Å². The van der Waals surface area contributed by atoms with Gasteiger partial charge in [-0.05, 0) is 31.4 Å². The molecule has 1 heterocycles. The molecule has 1 N–H and O–H groups in total. The van der Waals surface area contributed by atoms with Gasteiger partial charge in [0.05, 0.1) is 5.69 Å². The lowest BCUT2D eigenvalue weighted by molar-refractivity contribution is 0.200. The minimum absolute atomic E-state index is 0.206. The minimum atomic E-state index is -2.49. The van der Waals surface area contributed by atoms with Crippen LogP contribution in [0, 0.1) is 0 Å². The molecule has 1 saturated heterocycles. The Labute approximate surface area is 115 Å². The molecule has 0 spiro atoms. The highest BCUT2D eigenvalue weighted by atomic mass is 32.2. The van der Waals surface area contributed by atoms with Crippen LogP contribution in [0.15, 0.2) is 29.2 Å². The van der Waals surface area contributed by atoms with E-state index in [2.05, 4.69) is 5.32 Å². The first-order valence-corrected chi connectivity index (χ1v) is 7.14. The van der Waals surface area contributed by atoms with Gasteiger partial charge in [-0.3, -0.25) is 0 Å². The van der Waals surface area contributed by atoms with Crippen LogP contribution < -0.4 is 5.32 Å². The minimum Gasteiger partial charge on any atom is -0.325 e. The molecule has 0 atom stereocenters. The van der Waals surface area contributed by atoms with E-state index in [0.717, 1.165) is 32.4 Å². The molecule has 1 fully saturated rings. The number of alkyl halides is 2. The number of benzene rings is 1. The second-order valence-electron chi connectivity index (χ2n) is 4.35. The number of rotatable bonds is 3. The van der Waals surface area contributed by atoms with Crippen LogP contribution in [0.25, 0.3) is 0 Å². The van der Waals surface area contributed by atoms with Crippen molar-refractivity contribution in [2.45, 2.75) is 29.9 Å². The number of nitrogens with one attached hydrogen (secondary N) is 1. The first kappa shape index (κ1) is 14.1. The third-order valence-corrected chi connectivity index (χ3v) is 3.78. The average molecular weight is 286 g/mol. The van der Waals surface area contributed by atoms with Crippen molar-refractivity contribution >= 4 is 23.5 Å². The molecule has 1 aromatic carbocycles. The zero-order valence-electron chi connectivity index (χ0n) is 10.4. The molecule has 0 radical (unpaired) electrons. The summed E-state index contributed by atoms with van der Waals surface area (Å²) in [5.74, 6) is -2.49. The van der Waals surface area contributed by atoms with Crippen molar-refractivity contribution in [1.29, 1.82) is 0 Å². The second kappa shape index (κ2) is 6.75. The number of piperidine rings is 1. The summed E-state index contributed by atoms with van der Waals surface area (Å²) in [4.78, 5) is 14.1. The summed E-state index contributed by atoms with van der Waals surface area (Å²) in [6, 6.07) is 6.43. The Hall–Kier alpha value is -1.30. The van der Waals surface area contributed by atoms with Gasteiger partial charge < -0.3 is 10.2 Å². The lowest BCUT2D eigenvalue weighted by Crippen LogP contribution is -2.38. The fraction of sp³-hybridized carbons (Fsp3) is 0.462. The van der Waals surface area contributed by atoms with Gasteiger partial charge in [0.25, 0.3) is 5.76 Å². The van der Waals surface area contributed by atoms with Crippen molar-refractivity contribution in [3.05, 3.63) is 24.3 Å². The van der Waals surface area contributed by atoms with Crippen molar-refractivity contribution < 1.29 is 13.6 Å². The summed E-state index contributed by atoms with van der Waals surface area (Å²) >= 11 is 0.447. The molecule has 1 aliphatic rings. The van der Waals surface area contributed by atoms with Crippen LogP contribution in [0.4, 0.5) is 19.3 Å². The summed E-state index contributed by atoms with van der Waals surface area (Å²) in [6.45, 7) is 1.46. The van der Waals surface area contributed by atoms with Gasteiger partial charge in [0.2, 0.25) is 0 Å². The Bertz CT molecular complexity index is 436. The Balaban J connectivity index is 2.03. The number of nitrogens with zero attached hydrogens (tertiary/aromatic N) is 1. The average Bonchev–Trinajstić information content (AvgIpc) is 2.41. The molecule has 1 aromatic rings. The van der Waals surface area contributed by atoms with E-state index in [-0.39, 0.29) is 6.03 Å². The predicted molar refractivity (Wildman–Crippen MR) is 72.7 cm³/mol. The number of hydrogen-bond donors (Lipinski definition) is 1. The molecule has 0 aromatic heterocycles. The fourth-order valence-electron chi connectivity index (χ4n) is 2.06. The van der Waals surface area contributed by atoms with E-state index in [1.54, 1.807) is 29.2 Å². The van der Waals surface area contributed by atoms with Gasteiger partial charge in [-0.25, -0.2) is 4.79 Å². The van der Waals surface area contributed by atoms with Crippen LogP contribution in [0.1, 0.15) is 19.3 Å². The van der Waals surface area contributed by atoms with E-state index < -0.39 is 5.76 Å². The molecule has 0 bridgehead atoms. The van der Waals surface area contributed by atoms with Gasteiger partial charge in [0, 0.05) is 18.0 Å². The molecule has 19 heavy (non-hydrogen) atoms. The third-order valence-electron chi connectivity index (χ3n) is 2.99. The molecule has 2 rings (SSSR count). The Morgan fingerprint density at radius 3 is 2.58 bits per heavy atom. The third kappa shape index (κ3) is 4.09. The predicted octanol–water partition coefficient (Wildman–Crippen LogP) is 4.02. The maximum Gasteiger partial charge on any atom is 0.321 e. The zero-order valence-corrected chi connectivity index (χ0v) is 11.3. The van der Waals surface area contributed by atoms with E-state index in [1.807, 2.05) is 0 Å². The summed E-state index contributed by atoms with van der Waals surface area (Å²) in [5.41, 5.74) is 0.448. The van der Waals surface area contributed by atoms with Crippen molar-refractivity contribution in [3.63, 3.8) is 0 Å². The molecule has 6 heteroatoms. The Morgan fingerprint density at radius 1 is 1.21 bits per heavy atom. The normalized spacial score (nSPS) is 15.6. The highest BCUT2D eigenvalue weighted by Crippen LogP contribution is 2.31. The molecule has 2 amide bonds. The summed E-state index contributed by atoms with van der Waals surface area (Å²) in [5, 5.41) is 2.72. The lowest BCUT2D eigenvalue weighted by Gasteiger charge is -2.27. The number of carbonyl (C=O) groups excluding carboxylic acids is 1. The van der Waals surface area contributed by atoms with Crippen molar-refractivity contribution in [3.8, 4) is 0 Å². The summed E-state index contributed by atoms with van der Waals surface area (Å²) in [6.07, 6.45) is 3.14. The quantitative estimate of drug-likeness (QED) is 0.851. The molecule has 104 valence electrons. The molecule has 0 aliphatic carbocycles. The number of halogens is 2. The fourth-order valence-corrected chi connectivity index (χ4v) is 2.66. The number of amides is 2. The van der Waals surface area contributed by atoms with Gasteiger partial charge in [0.15, 0.2) is 0 Å². The van der Waals surface area contributed by atoms with Crippen LogP contribution in [0.2, 0.25) is 0 Å². The van der Waals surface area contributed by atoms with Crippen LogP contribution in [0.5, 0.6) is 0 Å². The highest BCUT2D eigenvalue weighted by Gasteiger charge is 2.18. The van der Waals surface area contributed by atoms with E-state index in [1.165, 1.54) is 0 Å². The number of para-hydroxylation sites is 1. The second-order valence-corrected chi connectivity index (χ2v) is 5.38. The Kier molecular flexibility index (Phi) is 5.01. The van der Waals surface area contributed by atoms with E-state index in [4.69, 9.17) is 0 Å². The number of urea groups is 1. The molecule has 3 nitrogen and oxygen atoms in total. The van der Waals surface area contributed by atoms with Gasteiger partial charge in [-0.1, -0.05) is 23.9 Å². The molecule has 0 unspecified atom stereocenters. The maximum atomic E-state index is 12.4. The van der Waals surface area contributed by atoms with E-state index in [0.29, 0.717) is 22.3 Å². The van der Waals surface area contributed by atoms with Gasteiger partial charge >= 0.3 is 6.03 Å². The van der Waals surface area contributed by atoms with Gasteiger partial charge in [-0.15, -0.1) is 0 Å². The standard InChI is InChI=1S/C13H16F2N2OS/c14-12(15)19-11-7-3-2-6-10(11)16-13(18)17-8-4-1-5-9-17/h2-3,6-7,12H,1,4-5,8-9H2,(H,16,18). The van der Waals surface area contributed by atoms with Gasteiger partial charge in [0.1, 0.15) is 0 Å².